The quantitative estimate of drug-likeness (QED) is 0.680. The number of hydrogen-bond acceptors (Lipinski definition) is 3. The van der Waals surface area contributed by atoms with Gasteiger partial charge < -0.3 is 9.52 Å². The molecule has 1 fully saturated rings. The summed E-state index contributed by atoms with van der Waals surface area (Å²) < 4.78 is 5.22. The van der Waals surface area contributed by atoms with Gasteiger partial charge in [0.25, 0.3) is 0 Å². The summed E-state index contributed by atoms with van der Waals surface area (Å²) >= 11 is 0. The van der Waals surface area contributed by atoms with E-state index in [0.29, 0.717) is 11.3 Å². The summed E-state index contributed by atoms with van der Waals surface area (Å²) in [5, 5.41) is 9.57. The molecule has 72 valence electrons. The maximum Gasteiger partial charge on any atom is 0.338 e. The molecule has 3 rings (SSSR count). The van der Waals surface area contributed by atoms with Crippen LogP contribution < -0.4 is 5.63 Å². The summed E-state index contributed by atoms with van der Waals surface area (Å²) in [4.78, 5) is 11.3. The number of fused-ring (bicyclic) bond motifs is 3. The maximum atomic E-state index is 11.3. The Morgan fingerprint density at radius 3 is 3.07 bits per heavy atom. The van der Waals surface area contributed by atoms with Crippen molar-refractivity contribution in [1.82, 2.24) is 0 Å². The van der Waals surface area contributed by atoms with Gasteiger partial charge in [0.2, 0.25) is 0 Å². The van der Waals surface area contributed by atoms with Gasteiger partial charge in [-0.15, -0.1) is 0 Å². The van der Waals surface area contributed by atoms with Crippen molar-refractivity contribution >= 4 is 6.08 Å². The van der Waals surface area contributed by atoms with Crippen LogP contribution in [0.15, 0.2) is 21.0 Å². The van der Waals surface area contributed by atoms with E-state index in [1.54, 1.807) is 19.1 Å². The van der Waals surface area contributed by atoms with Crippen LogP contribution in [-0.4, -0.2) is 5.11 Å². The van der Waals surface area contributed by atoms with Crippen molar-refractivity contribution in [3.8, 4) is 0 Å². The van der Waals surface area contributed by atoms with Crippen LogP contribution in [0.2, 0.25) is 0 Å². The van der Waals surface area contributed by atoms with Crippen LogP contribution >= 0.6 is 0 Å². The predicted octanol–water partition coefficient (Wildman–Crippen LogP) is 1.96. The Morgan fingerprint density at radius 1 is 1.50 bits per heavy atom. The lowest BCUT2D eigenvalue weighted by atomic mass is 10.0. The standard InChI is InChI=1S/C11H10O3/c1-5-2-6-3-9(12)7-4-8(7)10(6)14-11(5)13/h2-3,7-8,12H,4H2,1H3. The molecule has 14 heavy (non-hydrogen) atoms. The predicted molar refractivity (Wildman–Crippen MR) is 51.2 cm³/mol. The second-order valence-corrected chi connectivity index (χ2v) is 4.05. The Morgan fingerprint density at radius 2 is 2.29 bits per heavy atom. The lowest BCUT2D eigenvalue weighted by molar-refractivity contribution is 0.368. The van der Waals surface area contributed by atoms with Gasteiger partial charge in [0.1, 0.15) is 5.76 Å². The fourth-order valence-corrected chi connectivity index (χ4v) is 2.08. The highest BCUT2D eigenvalue weighted by molar-refractivity contribution is 5.60. The highest BCUT2D eigenvalue weighted by Gasteiger charge is 2.47. The van der Waals surface area contributed by atoms with Gasteiger partial charge in [-0.25, -0.2) is 4.79 Å². The third-order valence-electron chi connectivity index (χ3n) is 2.99. The molecular formula is C11H10O3. The van der Waals surface area contributed by atoms with Crippen molar-refractivity contribution in [2.45, 2.75) is 19.3 Å². The molecule has 1 saturated carbocycles. The normalized spacial score (nSPS) is 27.6. The second kappa shape index (κ2) is 2.29. The Hall–Kier alpha value is -1.51. The van der Waals surface area contributed by atoms with E-state index in [-0.39, 0.29) is 17.5 Å². The fourth-order valence-electron chi connectivity index (χ4n) is 2.08. The number of aryl methyl sites for hydroxylation is 1. The minimum Gasteiger partial charge on any atom is -0.512 e. The van der Waals surface area contributed by atoms with Gasteiger partial charge in [-0.1, -0.05) is 0 Å². The third-order valence-corrected chi connectivity index (χ3v) is 2.99. The molecule has 2 unspecified atom stereocenters. The monoisotopic (exact) mass is 190 g/mol. The second-order valence-electron chi connectivity index (χ2n) is 4.05. The number of allylic oxidation sites excluding steroid dienone is 1. The van der Waals surface area contributed by atoms with Crippen molar-refractivity contribution in [3.63, 3.8) is 0 Å². The molecule has 0 spiro atoms. The average Bonchev–Trinajstić information content (AvgIpc) is 2.89. The summed E-state index contributed by atoms with van der Waals surface area (Å²) in [7, 11) is 0. The molecule has 0 saturated heterocycles. The lowest BCUT2D eigenvalue weighted by Gasteiger charge is -2.10. The maximum absolute atomic E-state index is 11.3. The van der Waals surface area contributed by atoms with Crippen molar-refractivity contribution < 1.29 is 9.52 Å². The molecule has 3 heteroatoms. The van der Waals surface area contributed by atoms with Gasteiger partial charge in [0.05, 0.1) is 5.76 Å². The van der Waals surface area contributed by atoms with Crippen LogP contribution in [0.5, 0.6) is 0 Å². The smallest absolute Gasteiger partial charge is 0.338 e. The topological polar surface area (TPSA) is 50.4 Å². The summed E-state index contributed by atoms with van der Waals surface area (Å²) in [6, 6.07) is 1.78. The van der Waals surface area contributed by atoms with Crippen LogP contribution in [0, 0.1) is 12.8 Å². The van der Waals surface area contributed by atoms with E-state index in [1.165, 1.54) is 0 Å². The molecule has 1 N–H and O–H groups in total. The van der Waals surface area contributed by atoms with E-state index in [2.05, 4.69) is 0 Å². The number of aliphatic hydroxyl groups excluding tert-OH is 1. The molecule has 2 aliphatic carbocycles. The van der Waals surface area contributed by atoms with Crippen LogP contribution in [0.1, 0.15) is 29.2 Å². The number of rotatable bonds is 0. The number of aliphatic hydroxyl groups is 1. The van der Waals surface area contributed by atoms with E-state index < -0.39 is 0 Å². The fraction of sp³-hybridized carbons (Fsp3) is 0.364. The van der Waals surface area contributed by atoms with Crippen LogP contribution in [0.25, 0.3) is 6.08 Å². The zero-order chi connectivity index (χ0) is 9.87. The molecule has 0 radical (unpaired) electrons. The molecule has 2 aliphatic rings. The lowest BCUT2D eigenvalue weighted by Crippen LogP contribution is -2.08. The highest BCUT2D eigenvalue weighted by atomic mass is 16.4. The van der Waals surface area contributed by atoms with Crippen LogP contribution in [0.4, 0.5) is 0 Å². The highest BCUT2D eigenvalue weighted by Crippen LogP contribution is 2.55. The van der Waals surface area contributed by atoms with Crippen molar-refractivity contribution in [2.24, 2.45) is 5.92 Å². The first-order valence-electron chi connectivity index (χ1n) is 4.72. The molecule has 1 aromatic heterocycles. The summed E-state index contributed by atoms with van der Waals surface area (Å²) in [6.45, 7) is 1.72. The zero-order valence-corrected chi connectivity index (χ0v) is 7.78. The summed E-state index contributed by atoms with van der Waals surface area (Å²) in [5.41, 5.74) is 1.19. The molecule has 0 amide bonds. The first-order chi connectivity index (χ1) is 6.66. The van der Waals surface area contributed by atoms with E-state index in [1.807, 2.05) is 0 Å². The van der Waals surface area contributed by atoms with E-state index in [0.717, 1.165) is 17.7 Å². The third kappa shape index (κ3) is 0.895. The van der Waals surface area contributed by atoms with Gasteiger partial charge in [-0.05, 0) is 25.5 Å². The first-order valence-corrected chi connectivity index (χ1v) is 4.72. The van der Waals surface area contributed by atoms with Crippen molar-refractivity contribution in [3.05, 3.63) is 39.1 Å². The SMILES string of the molecule is Cc1cc2c(oc1=O)C1CC1C(O)=C2. The summed E-state index contributed by atoms with van der Waals surface area (Å²) in [5.74, 6) is 1.62. The molecule has 0 aromatic carbocycles. The van der Waals surface area contributed by atoms with Crippen molar-refractivity contribution in [1.29, 1.82) is 0 Å². The van der Waals surface area contributed by atoms with E-state index in [9.17, 15) is 9.90 Å². The van der Waals surface area contributed by atoms with Gasteiger partial charge in [0, 0.05) is 23.0 Å². The van der Waals surface area contributed by atoms with Crippen LogP contribution in [0.3, 0.4) is 0 Å². The van der Waals surface area contributed by atoms with Gasteiger partial charge >= 0.3 is 5.63 Å². The van der Waals surface area contributed by atoms with E-state index >= 15 is 0 Å². The minimum absolute atomic E-state index is 0.202. The van der Waals surface area contributed by atoms with Gasteiger partial charge in [-0.2, -0.15) is 0 Å². The first kappa shape index (κ1) is 7.85. The van der Waals surface area contributed by atoms with E-state index in [4.69, 9.17) is 4.42 Å². The number of hydrogen-bond donors (Lipinski definition) is 1. The molecule has 1 aromatic rings. The molecule has 2 atom stereocenters. The Balaban J connectivity index is 2.27. The Labute approximate surface area is 80.7 Å². The average molecular weight is 190 g/mol. The Bertz CT molecular complexity index is 496. The van der Waals surface area contributed by atoms with Crippen LogP contribution in [-0.2, 0) is 0 Å². The van der Waals surface area contributed by atoms with Gasteiger partial charge in [0.15, 0.2) is 0 Å². The van der Waals surface area contributed by atoms with Gasteiger partial charge in [-0.3, -0.25) is 0 Å². The molecule has 0 aliphatic heterocycles. The largest absolute Gasteiger partial charge is 0.512 e. The molecule has 3 nitrogen and oxygen atoms in total. The molecular weight excluding hydrogens is 180 g/mol. The minimum atomic E-state index is -0.260. The molecule has 0 bridgehead atoms. The van der Waals surface area contributed by atoms with Crippen molar-refractivity contribution in [2.75, 3.05) is 0 Å². The molecule has 1 heterocycles. The summed E-state index contributed by atoms with van der Waals surface area (Å²) in [6.07, 6.45) is 2.61. The zero-order valence-electron chi connectivity index (χ0n) is 7.78. The Kier molecular flexibility index (Phi) is 1.29.